The van der Waals surface area contributed by atoms with E-state index >= 15 is 0 Å². The van der Waals surface area contributed by atoms with Crippen LogP contribution in [0.1, 0.15) is 25.3 Å². The Balaban J connectivity index is 3.05. The molecule has 0 atom stereocenters. The third kappa shape index (κ3) is 1.70. The van der Waals surface area contributed by atoms with E-state index in [0.717, 1.165) is 0 Å². The van der Waals surface area contributed by atoms with Crippen LogP contribution in [0.3, 0.4) is 0 Å². The van der Waals surface area contributed by atoms with Crippen molar-refractivity contribution in [1.82, 2.24) is 0 Å². The van der Waals surface area contributed by atoms with Gasteiger partial charge in [0.15, 0.2) is 11.5 Å². The summed E-state index contributed by atoms with van der Waals surface area (Å²) < 4.78 is 4.99. The zero-order valence-corrected chi connectivity index (χ0v) is 7.66. The van der Waals surface area contributed by atoms with Crippen molar-refractivity contribution >= 4 is 0 Å². The monoisotopic (exact) mass is 166 g/mol. The van der Waals surface area contributed by atoms with Crippen LogP contribution in [0, 0.1) is 0 Å². The summed E-state index contributed by atoms with van der Waals surface area (Å²) in [4.78, 5) is 0. The molecule has 0 amide bonds. The third-order valence-corrected chi connectivity index (χ3v) is 1.87. The van der Waals surface area contributed by atoms with Crippen LogP contribution in [0.25, 0.3) is 0 Å². The Morgan fingerprint density at radius 3 is 2.50 bits per heavy atom. The number of benzene rings is 1. The minimum atomic E-state index is 0.196. The summed E-state index contributed by atoms with van der Waals surface area (Å²) in [5.41, 5.74) is 1.17. The predicted molar refractivity (Wildman–Crippen MR) is 48.7 cm³/mol. The Bertz CT molecular complexity index is 267. The van der Waals surface area contributed by atoms with Crippen molar-refractivity contribution in [3.63, 3.8) is 0 Å². The lowest BCUT2D eigenvalue weighted by molar-refractivity contribution is 0.372. The van der Waals surface area contributed by atoms with Gasteiger partial charge in [0.2, 0.25) is 0 Å². The zero-order chi connectivity index (χ0) is 9.14. The lowest BCUT2D eigenvalue weighted by atomic mass is 10.0. The van der Waals surface area contributed by atoms with E-state index in [0.29, 0.717) is 11.7 Å². The zero-order valence-electron chi connectivity index (χ0n) is 7.66. The number of ether oxygens (including phenoxy) is 1. The van der Waals surface area contributed by atoms with Gasteiger partial charge in [-0.1, -0.05) is 19.9 Å². The van der Waals surface area contributed by atoms with Crippen LogP contribution in [0.2, 0.25) is 0 Å². The maximum absolute atomic E-state index is 9.29. The molecule has 0 aromatic heterocycles. The van der Waals surface area contributed by atoms with Gasteiger partial charge in [0.05, 0.1) is 7.11 Å². The lowest BCUT2D eigenvalue weighted by Gasteiger charge is -2.08. The Kier molecular flexibility index (Phi) is 2.58. The number of rotatable bonds is 2. The summed E-state index contributed by atoms with van der Waals surface area (Å²) in [7, 11) is 1.55. The summed E-state index contributed by atoms with van der Waals surface area (Å²) >= 11 is 0. The SMILES string of the molecule is COc1cc(C(C)C)ccc1O. The molecule has 0 fully saturated rings. The quantitative estimate of drug-likeness (QED) is 0.731. The molecule has 0 aliphatic heterocycles. The molecule has 0 radical (unpaired) electrons. The molecule has 66 valence electrons. The third-order valence-electron chi connectivity index (χ3n) is 1.87. The van der Waals surface area contributed by atoms with Crippen LogP contribution in [-0.2, 0) is 0 Å². The number of phenolic OH excluding ortho intramolecular Hbond substituents is 1. The Morgan fingerprint density at radius 2 is 2.00 bits per heavy atom. The Hall–Kier alpha value is -1.18. The first kappa shape index (κ1) is 8.91. The van der Waals surface area contributed by atoms with E-state index in [4.69, 9.17) is 4.74 Å². The van der Waals surface area contributed by atoms with E-state index in [1.54, 1.807) is 13.2 Å². The number of hydrogen-bond acceptors (Lipinski definition) is 2. The molecule has 0 aliphatic rings. The molecule has 0 aliphatic carbocycles. The van der Waals surface area contributed by atoms with Gasteiger partial charge in [-0.15, -0.1) is 0 Å². The standard InChI is InChI=1S/C10H14O2/c1-7(2)8-4-5-9(11)10(6-8)12-3/h4-7,11H,1-3H3. The second-order valence-corrected chi connectivity index (χ2v) is 3.09. The highest BCUT2D eigenvalue weighted by Gasteiger charge is 2.04. The molecule has 0 spiro atoms. The molecule has 1 aromatic carbocycles. The highest BCUT2D eigenvalue weighted by Crippen LogP contribution is 2.29. The summed E-state index contributed by atoms with van der Waals surface area (Å²) in [5, 5.41) is 9.29. The smallest absolute Gasteiger partial charge is 0.160 e. The fraction of sp³-hybridized carbons (Fsp3) is 0.400. The van der Waals surface area contributed by atoms with Crippen molar-refractivity contribution in [2.24, 2.45) is 0 Å². The van der Waals surface area contributed by atoms with Crippen molar-refractivity contribution in [2.75, 3.05) is 7.11 Å². The minimum absolute atomic E-state index is 0.196. The maximum atomic E-state index is 9.29. The van der Waals surface area contributed by atoms with Crippen molar-refractivity contribution < 1.29 is 9.84 Å². The summed E-state index contributed by atoms with van der Waals surface area (Å²) in [5.74, 6) is 1.20. The Labute approximate surface area is 72.8 Å². The molecule has 0 bridgehead atoms. The molecule has 0 heterocycles. The molecule has 1 aromatic rings. The molecule has 0 saturated heterocycles. The van der Waals surface area contributed by atoms with Crippen LogP contribution in [0.5, 0.6) is 11.5 Å². The first-order valence-electron chi connectivity index (χ1n) is 4.02. The number of hydrogen-bond donors (Lipinski definition) is 1. The predicted octanol–water partition coefficient (Wildman–Crippen LogP) is 2.52. The van der Waals surface area contributed by atoms with E-state index in [-0.39, 0.29) is 5.75 Å². The number of aromatic hydroxyl groups is 1. The highest BCUT2D eigenvalue weighted by molar-refractivity contribution is 5.42. The van der Waals surface area contributed by atoms with Crippen molar-refractivity contribution in [3.05, 3.63) is 23.8 Å². The van der Waals surface area contributed by atoms with E-state index < -0.39 is 0 Å². The second-order valence-electron chi connectivity index (χ2n) is 3.09. The van der Waals surface area contributed by atoms with Crippen LogP contribution in [-0.4, -0.2) is 12.2 Å². The molecular formula is C10H14O2. The average molecular weight is 166 g/mol. The van der Waals surface area contributed by atoms with Gasteiger partial charge < -0.3 is 9.84 Å². The van der Waals surface area contributed by atoms with Crippen molar-refractivity contribution in [1.29, 1.82) is 0 Å². The van der Waals surface area contributed by atoms with Crippen molar-refractivity contribution in [2.45, 2.75) is 19.8 Å². The molecule has 12 heavy (non-hydrogen) atoms. The van der Waals surface area contributed by atoms with Gasteiger partial charge in [0.1, 0.15) is 0 Å². The van der Waals surface area contributed by atoms with Gasteiger partial charge in [-0.2, -0.15) is 0 Å². The second kappa shape index (κ2) is 3.48. The fourth-order valence-electron chi connectivity index (χ4n) is 1.05. The van der Waals surface area contributed by atoms with Gasteiger partial charge in [-0.3, -0.25) is 0 Å². The normalized spacial score (nSPS) is 10.3. The molecule has 2 heteroatoms. The average Bonchev–Trinajstić information content (AvgIpc) is 2.05. The first-order chi connectivity index (χ1) is 5.65. The van der Waals surface area contributed by atoms with Crippen LogP contribution >= 0.6 is 0 Å². The molecule has 1 rings (SSSR count). The molecule has 0 unspecified atom stereocenters. The van der Waals surface area contributed by atoms with E-state index in [1.165, 1.54) is 5.56 Å². The molecular weight excluding hydrogens is 152 g/mol. The fourth-order valence-corrected chi connectivity index (χ4v) is 1.05. The highest BCUT2D eigenvalue weighted by atomic mass is 16.5. The van der Waals surface area contributed by atoms with E-state index in [2.05, 4.69) is 13.8 Å². The molecule has 0 saturated carbocycles. The van der Waals surface area contributed by atoms with Gasteiger partial charge >= 0.3 is 0 Å². The first-order valence-corrected chi connectivity index (χ1v) is 4.02. The molecule has 2 nitrogen and oxygen atoms in total. The topological polar surface area (TPSA) is 29.5 Å². The maximum Gasteiger partial charge on any atom is 0.160 e. The van der Waals surface area contributed by atoms with Gasteiger partial charge in [0, 0.05) is 0 Å². The number of methoxy groups -OCH3 is 1. The van der Waals surface area contributed by atoms with Gasteiger partial charge in [0.25, 0.3) is 0 Å². The van der Waals surface area contributed by atoms with Crippen molar-refractivity contribution in [3.8, 4) is 11.5 Å². The Morgan fingerprint density at radius 1 is 1.33 bits per heavy atom. The molecule has 1 N–H and O–H groups in total. The van der Waals surface area contributed by atoms with E-state index in [9.17, 15) is 5.11 Å². The minimum Gasteiger partial charge on any atom is -0.504 e. The summed E-state index contributed by atoms with van der Waals surface area (Å²) in [6.45, 7) is 4.21. The van der Waals surface area contributed by atoms with Gasteiger partial charge in [-0.25, -0.2) is 0 Å². The summed E-state index contributed by atoms with van der Waals surface area (Å²) in [6, 6.07) is 5.43. The van der Waals surface area contributed by atoms with E-state index in [1.807, 2.05) is 12.1 Å². The largest absolute Gasteiger partial charge is 0.504 e. The summed E-state index contributed by atoms with van der Waals surface area (Å²) in [6.07, 6.45) is 0. The lowest BCUT2D eigenvalue weighted by Crippen LogP contribution is -1.89. The van der Waals surface area contributed by atoms with Gasteiger partial charge in [-0.05, 0) is 23.6 Å². The van der Waals surface area contributed by atoms with Crippen LogP contribution < -0.4 is 4.74 Å². The van der Waals surface area contributed by atoms with Crippen LogP contribution in [0.4, 0.5) is 0 Å². The number of phenols is 1. The van der Waals surface area contributed by atoms with Crippen LogP contribution in [0.15, 0.2) is 18.2 Å².